The molecule has 0 aliphatic heterocycles. The molecule has 2 saturated carbocycles. The van der Waals surface area contributed by atoms with Gasteiger partial charge in [0, 0.05) is 24.2 Å². The number of fused-ring (bicyclic) bond motifs is 3. The molecule has 0 saturated heterocycles. The number of hydrogen-bond acceptors (Lipinski definition) is 3. The van der Waals surface area contributed by atoms with Gasteiger partial charge in [0.25, 0.3) is 0 Å². The third kappa shape index (κ3) is 1.70. The predicted octanol–water partition coefficient (Wildman–Crippen LogP) is 2.74. The molecule has 2 aliphatic rings. The van der Waals surface area contributed by atoms with Crippen molar-refractivity contribution in [2.45, 2.75) is 38.2 Å². The molecule has 2 aliphatic carbocycles. The first-order valence-corrected chi connectivity index (χ1v) is 7.76. The van der Waals surface area contributed by atoms with E-state index < -0.39 is 0 Å². The van der Waals surface area contributed by atoms with Crippen LogP contribution in [0.25, 0.3) is 4.96 Å². The van der Waals surface area contributed by atoms with Crippen LogP contribution in [0.2, 0.25) is 0 Å². The molecule has 3 nitrogen and oxygen atoms in total. The maximum Gasteiger partial charge on any atom is 0.193 e. The highest BCUT2D eigenvalue weighted by Crippen LogP contribution is 2.49. The van der Waals surface area contributed by atoms with E-state index in [0.717, 1.165) is 28.9 Å². The minimum Gasteiger partial charge on any atom is -0.392 e. The minimum absolute atomic E-state index is 0.190. The molecule has 4 heteroatoms. The van der Waals surface area contributed by atoms with Gasteiger partial charge >= 0.3 is 0 Å². The zero-order chi connectivity index (χ0) is 12.1. The minimum atomic E-state index is -0.190. The number of aliphatic hydroxyl groups excluding tert-OH is 1. The molecule has 0 spiro atoms. The van der Waals surface area contributed by atoms with Gasteiger partial charge in [0.2, 0.25) is 0 Å². The highest BCUT2D eigenvalue weighted by atomic mass is 32.1. The van der Waals surface area contributed by atoms with E-state index in [0.29, 0.717) is 5.92 Å². The first kappa shape index (κ1) is 11.0. The summed E-state index contributed by atoms with van der Waals surface area (Å²) in [5.74, 6) is 2.22. The van der Waals surface area contributed by atoms with Crippen LogP contribution < -0.4 is 0 Å². The van der Waals surface area contributed by atoms with Gasteiger partial charge in [-0.25, -0.2) is 4.98 Å². The van der Waals surface area contributed by atoms with E-state index in [1.165, 1.54) is 25.7 Å². The van der Waals surface area contributed by atoms with E-state index in [1.54, 1.807) is 11.3 Å². The maximum atomic E-state index is 10.4. The molecule has 2 bridgehead atoms. The summed E-state index contributed by atoms with van der Waals surface area (Å²) in [7, 11) is 0. The number of imidazole rings is 1. The Labute approximate surface area is 110 Å². The molecule has 2 fully saturated rings. The number of hydrogen-bond donors (Lipinski definition) is 1. The molecule has 4 unspecified atom stereocenters. The van der Waals surface area contributed by atoms with Crippen LogP contribution in [0.4, 0.5) is 0 Å². The van der Waals surface area contributed by atoms with E-state index in [2.05, 4.69) is 11.2 Å². The van der Waals surface area contributed by atoms with E-state index in [1.807, 2.05) is 16.0 Å². The summed E-state index contributed by atoms with van der Waals surface area (Å²) in [6.45, 7) is 0. The first-order chi connectivity index (χ1) is 8.79. The summed E-state index contributed by atoms with van der Waals surface area (Å²) in [4.78, 5) is 5.60. The number of thiazole rings is 1. The van der Waals surface area contributed by atoms with Gasteiger partial charge in [-0.2, -0.15) is 0 Å². The SMILES string of the molecule is OC(Cc1cn2ccsc2n1)C1CC2CCC1C2. The van der Waals surface area contributed by atoms with Crippen LogP contribution >= 0.6 is 11.3 Å². The van der Waals surface area contributed by atoms with Crippen molar-refractivity contribution < 1.29 is 5.11 Å². The molecule has 2 aromatic heterocycles. The standard InChI is InChI=1S/C14H18N2OS/c17-13(12-6-9-1-2-10(12)5-9)7-11-8-16-3-4-18-14(16)15-11/h3-4,8-10,12-13,17H,1-2,5-7H2. The quantitative estimate of drug-likeness (QED) is 0.923. The van der Waals surface area contributed by atoms with Gasteiger partial charge in [-0.05, 0) is 37.0 Å². The Bertz CT molecular complexity index is 532. The molecular weight excluding hydrogens is 244 g/mol. The van der Waals surface area contributed by atoms with E-state index >= 15 is 0 Å². The van der Waals surface area contributed by atoms with Crippen molar-refractivity contribution in [2.24, 2.45) is 17.8 Å². The monoisotopic (exact) mass is 262 g/mol. The van der Waals surface area contributed by atoms with Crippen molar-refractivity contribution in [3.8, 4) is 0 Å². The zero-order valence-corrected chi connectivity index (χ0v) is 11.1. The Morgan fingerprint density at radius 2 is 2.39 bits per heavy atom. The fraction of sp³-hybridized carbons (Fsp3) is 0.643. The Hall–Kier alpha value is -0.870. The zero-order valence-electron chi connectivity index (χ0n) is 10.3. The molecule has 0 amide bonds. The van der Waals surface area contributed by atoms with Gasteiger partial charge in [-0.1, -0.05) is 6.42 Å². The molecule has 4 atom stereocenters. The Morgan fingerprint density at radius 1 is 1.44 bits per heavy atom. The van der Waals surface area contributed by atoms with Crippen molar-refractivity contribution in [2.75, 3.05) is 0 Å². The highest BCUT2D eigenvalue weighted by Gasteiger charge is 2.42. The molecule has 0 aromatic carbocycles. The number of nitrogens with zero attached hydrogens (tertiary/aromatic N) is 2. The number of rotatable bonds is 3. The summed E-state index contributed by atoms with van der Waals surface area (Å²) in [5.41, 5.74) is 1.04. The van der Waals surface area contributed by atoms with Crippen molar-refractivity contribution in [1.29, 1.82) is 0 Å². The second kappa shape index (κ2) is 4.07. The molecule has 2 aromatic rings. The molecule has 18 heavy (non-hydrogen) atoms. The van der Waals surface area contributed by atoms with Crippen molar-refractivity contribution in [1.82, 2.24) is 9.38 Å². The van der Waals surface area contributed by atoms with Crippen LogP contribution in [-0.2, 0) is 6.42 Å². The Kier molecular flexibility index (Phi) is 2.49. The largest absolute Gasteiger partial charge is 0.392 e. The van der Waals surface area contributed by atoms with Crippen molar-refractivity contribution >= 4 is 16.3 Å². The second-order valence-corrected chi connectivity index (χ2v) is 6.81. The lowest BCUT2D eigenvalue weighted by Crippen LogP contribution is -2.27. The van der Waals surface area contributed by atoms with E-state index in [4.69, 9.17) is 0 Å². The van der Waals surface area contributed by atoms with E-state index in [-0.39, 0.29) is 6.10 Å². The lowest BCUT2D eigenvalue weighted by Gasteiger charge is -2.26. The molecule has 1 N–H and O–H groups in total. The summed E-state index contributed by atoms with van der Waals surface area (Å²) in [6.07, 6.45) is 9.96. The topological polar surface area (TPSA) is 37.5 Å². The molecular formula is C14H18N2OS. The fourth-order valence-corrected chi connectivity index (χ4v) is 4.72. The van der Waals surface area contributed by atoms with Gasteiger partial charge < -0.3 is 5.11 Å². The van der Waals surface area contributed by atoms with Gasteiger partial charge in [0.05, 0.1) is 11.8 Å². The summed E-state index contributed by atoms with van der Waals surface area (Å²) < 4.78 is 2.05. The molecule has 0 radical (unpaired) electrons. The molecule has 4 rings (SSSR count). The maximum absolute atomic E-state index is 10.4. The van der Waals surface area contributed by atoms with Crippen LogP contribution in [0.5, 0.6) is 0 Å². The third-order valence-corrected chi connectivity index (χ3v) is 5.62. The molecule has 2 heterocycles. The van der Waals surface area contributed by atoms with Crippen LogP contribution in [0.3, 0.4) is 0 Å². The lowest BCUT2D eigenvalue weighted by atomic mass is 9.83. The van der Waals surface area contributed by atoms with Gasteiger partial charge in [-0.3, -0.25) is 4.40 Å². The van der Waals surface area contributed by atoms with Crippen molar-refractivity contribution in [3.63, 3.8) is 0 Å². The molecule has 96 valence electrons. The second-order valence-electron chi connectivity index (χ2n) is 5.94. The summed E-state index contributed by atoms with van der Waals surface area (Å²) >= 11 is 1.65. The van der Waals surface area contributed by atoms with Crippen molar-refractivity contribution in [3.05, 3.63) is 23.5 Å². The average molecular weight is 262 g/mol. The average Bonchev–Trinajstić information content (AvgIpc) is 3.07. The van der Waals surface area contributed by atoms with Gasteiger partial charge in [0.1, 0.15) is 0 Å². The Balaban J connectivity index is 1.49. The Morgan fingerprint density at radius 3 is 3.11 bits per heavy atom. The highest BCUT2D eigenvalue weighted by molar-refractivity contribution is 7.15. The van der Waals surface area contributed by atoms with E-state index in [9.17, 15) is 5.11 Å². The van der Waals surface area contributed by atoms with Crippen LogP contribution in [-0.4, -0.2) is 20.6 Å². The third-order valence-electron chi connectivity index (χ3n) is 4.85. The summed E-state index contributed by atoms with van der Waals surface area (Å²) in [6, 6.07) is 0. The first-order valence-electron chi connectivity index (χ1n) is 6.89. The predicted molar refractivity (Wildman–Crippen MR) is 71.7 cm³/mol. The number of aliphatic hydroxyl groups is 1. The fourth-order valence-electron chi connectivity index (χ4n) is 4.01. The lowest BCUT2D eigenvalue weighted by molar-refractivity contribution is 0.0744. The van der Waals surface area contributed by atoms with Gasteiger partial charge in [0.15, 0.2) is 4.96 Å². The number of aromatic nitrogens is 2. The van der Waals surface area contributed by atoms with Gasteiger partial charge in [-0.15, -0.1) is 11.3 Å². The normalized spacial score (nSPS) is 32.4. The van der Waals surface area contributed by atoms with Crippen LogP contribution in [0.1, 0.15) is 31.4 Å². The van der Waals surface area contributed by atoms with Crippen LogP contribution in [0.15, 0.2) is 17.8 Å². The smallest absolute Gasteiger partial charge is 0.193 e. The van der Waals surface area contributed by atoms with Crippen LogP contribution in [0, 0.1) is 17.8 Å². The summed E-state index contributed by atoms with van der Waals surface area (Å²) in [5, 5.41) is 12.5.